The highest BCUT2D eigenvalue weighted by Gasteiger charge is 2.37. The number of unbranched alkanes of at least 4 members (excludes halogenated alkanes) is 1. The smallest absolute Gasteiger partial charge is 0.160 e. The highest BCUT2D eigenvalue weighted by Crippen LogP contribution is 2.21. The molecule has 1 rings (SSSR count). The Morgan fingerprint density at radius 3 is 2.78 bits per heavy atom. The van der Waals surface area contributed by atoms with Crippen LogP contribution in [0.5, 0.6) is 0 Å². The van der Waals surface area contributed by atoms with Crippen LogP contribution in [0.3, 0.4) is 0 Å². The molecule has 1 aliphatic heterocycles. The fraction of sp³-hybridized carbons (Fsp3) is 0.917. The van der Waals surface area contributed by atoms with Crippen molar-refractivity contribution in [2.75, 3.05) is 13.3 Å². The summed E-state index contributed by atoms with van der Waals surface area (Å²) < 4.78 is 23.0. The molecule has 0 aromatic rings. The number of carbonyl (C=O) groups is 1. The van der Waals surface area contributed by atoms with Gasteiger partial charge in [-0.25, -0.2) is 4.39 Å². The van der Waals surface area contributed by atoms with Gasteiger partial charge >= 0.3 is 0 Å². The first-order valence-electron chi connectivity index (χ1n) is 6.23. The van der Waals surface area contributed by atoms with Crippen molar-refractivity contribution in [3.05, 3.63) is 0 Å². The van der Waals surface area contributed by atoms with E-state index in [-0.39, 0.29) is 12.2 Å². The number of alkyl halides is 1. The third kappa shape index (κ3) is 4.97. The fourth-order valence-corrected chi connectivity index (χ4v) is 1.84. The second-order valence-corrected chi connectivity index (χ2v) is 4.58. The summed E-state index contributed by atoms with van der Waals surface area (Å²) in [6, 6.07) is 0. The zero-order chi connectivity index (χ0) is 13.5. The molecule has 0 radical (unpaired) electrons. The van der Waals surface area contributed by atoms with E-state index in [4.69, 9.17) is 9.47 Å². The van der Waals surface area contributed by atoms with Gasteiger partial charge < -0.3 is 24.5 Å². The van der Waals surface area contributed by atoms with E-state index in [0.717, 1.165) is 6.42 Å². The number of Topliss-reactive ketones (excluding diaryl/α,β-unsaturated/α-hetero) is 1. The molecule has 4 atom stereocenters. The molecule has 0 amide bonds. The lowest BCUT2D eigenvalue weighted by Gasteiger charge is -2.35. The Morgan fingerprint density at radius 2 is 2.17 bits per heavy atom. The number of ether oxygens (including phenoxy) is 2. The molecule has 5 nitrogen and oxygen atoms in total. The molecule has 18 heavy (non-hydrogen) atoms. The molecule has 0 saturated carbocycles. The summed E-state index contributed by atoms with van der Waals surface area (Å²) in [5.41, 5.74) is 0. The predicted molar refractivity (Wildman–Crippen MR) is 61.8 cm³/mol. The van der Waals surface area contributed by atoms with Gasteiger partial charge in [-0.2, -0.15) is 0 Å². The van der Waals surface area contributed by atoms with E-state index in [1.165, 1.54) is 6.92 Å². The number of halogens is 1. The van der Waals surface area contributed by atoms with Gasteiger partial charge in [0.25, 0.3) is 0 Å². The maximum absolute atomic E-state index is 12.5. The predicted octanol–water partition coefficient (Wildman–Crippen LogP) is 0.569. The quantitative estimate of drug-likeness (QED) is 0.657. The van der Waals surface area contributed by atoms with Crippen molar-refractivity contribution < 1.29 is 28.9 Å². The normalized spacial score (nSPS) is 32.4. The number of ketones is 1. The topological polar surface area (TPSA) is 76.0 Å². The van der Waals surface area contributed by atoms with Gasteiger partial charge in [0, 0.05) is 19.4 Å². The molecule has 0 aromatic heterocycles. The lowest BCUT2D eigenvalue weighted by Crippen LogP contribution is -2.49. The van der Waals surface area contributed by atoms with Gasteiger partial charge in [0.2, 0.25) is 0 Å². The summed E-state index contributed by atoms with van der Waals surface area (Å²) in [7, 11) is 0. The summed E-state index contributed by atoms with van der Waals surface area (Å²) in [6.45, 7) is 1.07. The van der Waals surface area contributed by atoms with Gasteiger partial charge in [-0.1, -0.05) is 0 Å². The highest BCUT2D eigenvalue weighted by molar-refractivity contribution is 5.75. The molecule has 6 heteroatoms. The summed E-state index contributed by atoms with van der Waals surface area (Å²) in [5, 5.41) is 18.9. The third-order valence-corrected chi connectivity index (χ3v) is 2.91. The largest absolute Gasteiger partial charge is 0.390 e. The minimum absolute atomic E-state index is 0.129. The van der Waals surface area contributed by atoms with Crippen molar-refractivity contribution in [2.45, 2.75) is 57.2 Å². The molecule has 0 aliphatic carbocycles. The van der Waals surface area contributed by atoms with Crippen molar-refractivity contribution in [3.63, 3.8) is 0 Å². The number of hydrogen-bond donors (Lipinski definition) is 2. The van der Waals surface area contributed by atoms with Crippen molar-refractivity contribution in [2.24, 2.45) is 0 Å². The van der Waals surface area contributed by atoms with E-state index in [2.05, 4.69) is 0 Å². The van der Waals surface area contributed by atoms with Gasteiger partial charge in [0.05, 0.1) is 6.10 Å². The van der Waals surface area contributed by atoms with Crippen LogP contribution >= 0.6 is 0 Å². The molecule has 0 bridgehead atoms. The second kappa shape index (κ2) is 7.78. The van der Waals surface area contributed by atoms with E-state index in [0.29, 0.717) is 19.4 Å². The number of carbonyl (C=O) groups excluding carboxylic acids is 1. The van der Waals surface area contributed by atoms with E-state index in [1.807, 2.05) is 0 Å². The zero-order valence-corrected chi connectivity index (χ0v) is 10.5. The van der Waals surface area contributed by atoms with Crippen LogP contribution in [0.15, 0.2) is 0 Å². The maximum atomic E-state index is 12.5. The van der Waals surface area contributed by atoms with E-state index < -0.39 is 31.3 Å². The Balaban J connectivity index is 2.20. The number of aliphatic hydroxyl groups excluding tert-OH is 2. The van der Waals surface area contributed by atoms with Gasteiger partial charge in [0.1, 0.15) is 24.7 Å². The Hall–Kier alpha value is -0.560. The van der Waals surface area contributed by atoms with Crippen LogP contribution in [0, 0.1) is 0 Å². The van der Waals surface area contributed by atoms with E-state index in [1.54, 1.807) is 0 Å². The number of hydrogen-bond acceptors (Lipinski definition) is 5. The average Bonchev–Trinajstić information content (AvgIpc) is 2.32. The first kappa shape index (κ1) is 15.5. The Labute approximate surface area is 106 Å². The van der Waals surface area contributed by atoms with Crippen molar-refractivity contribution in [3.8, 4) is 0 Å². The zero-order valence-electron chi connectivity index (χ0n) is 10.5. The maximum Gasteiger partial charge on any atom is 0.160 e. The van der Waals surface area contributed by atoms with Gasteiger partial charge in [-0.15, -0.1) is 0 Å². The molecule has 1 heterocycles. The molecule has 0 spiro atoms. The van der Waals surface area contributed by atoms with Crippen LogP contribution in [0.1, 0.15) is 32.6 Å². The second-order valence-electron chi connectivity index (χ2n) is 4.58. The summed E-state index contributed by atoms with van der Waals surface area (Å²) in [6.07, 6.45) is -1.86. The van der Waals surface area contributed by atoms with Crippen LogP contribution in [0.25, 0.3) is 0 Å². The lowest BCUT2D eigenvalue weighted by atomic mass is 10.0. The Kier molecular flexibility index (Phi) is 6.70. The molecule has 2 N–H and O–H groups in total. The standard InChI is InChI=1S/C12H21FO5/c1-8(14)4-2-3-5-17-11-6-9(15)12(16)10(7-13)18-11/h9-12,15-16H,2-7H2,1H3. The molecule has 106 valence electrons. The summed E-state index contributed by atoms with van der Waals surface area (Å²) in [5.74, 6) is 0.139. The lowest BCUT2D eigenvalue weighted by molar-refractivity contribution is -0.253. The van der Waals surface area contributed by atoms with Crippen molar-refractivity contribution in [1.82, 2.24) is 0 Å². The monoisotopic (exact) mass is 264 g/mol. The Morgan fingerprint density at radius 1 is 1.44 bits per heavy atom. The van der Waals surface area contributed by atoms with Crippen molar-refractivity contribution in [1.29, 1.82) is 0 Å². The van der Waals surface area contributed by atoms with Gasteiger partial charge in [0.15, 0.2) is 6.29 Å². The average molecular weight is 264 g/mol. The first-order valence-corrected chi connectivity index (χ1v) is 6.23. The molecular formula is C12H21FO5. The van der Waals surface area contributed by atoms with E-state index in [9.17, 15) is 19.4 Å². The molecular weight excluding hydrogens is 243 g/mol. The molecule has 1 aliphatic rings. The number of aliphatic hydroxyl groups is 2. The van der Waals surface area contributed by atoms with Crippen LogP contribution in [-0.2, 0) is 14.3 Å². The van der Waals surface area contributed by atoms with Crippen molar-refractivity contribution >= 4 is 5.78 Å². The summed E-state index contributed by atoms with van der Waals surface area (Å²) in [4.78, 5) is 10.7. The minimum atomic E-state index is -1.20. The van der Waals surface area contributed by atoms with Crippen LogP contribution in [0.4, 0.5) is 4.39 Å². The van der Waals surface area contributed by atoms with E-state index >= 15 is 0 Å². The van der Waals surface area contributed by atoms with Crippen LogP contribution < -0.4 is 0 Å². The van der Waals surface area contributed by atoms with Crippen LogP contribution in [-0.4, -0.2) is 53.9 Å². The highest BCUT2D eigenvalue weighted by atomic mass is 19.1. The van der Waals surface area contributed by atoms with Gasteiger partial charge in [-0.3, -0.25) is 0 Å². The summed E-state index contributed by atoms with van der Waals surface area (Å²) >= 11 is 0. The van der Waals surface area contributed by atoms with Gasteiger partial charge in [-0.05, 0) is 19.8 Å². The number of rotatable bonds is 7. The Bertz CT molecular complexity index is 261. The molecule has 0 aromatic carbocycles. The fourth-order valence-electron chi connectivity index (χ4n) is 1.84. The molecule has 1 saturated heterocycles. The molecule has 1 fully saturated rings. The molecule has 4 unspecified atom stereocenters. The minimum Gasteiger partial charge on any atom is -0.390 e. The SMILES string of the molecule is CC(=O)CCCCOC1CC(O)C(O)C(CF)O1. The first-order chi connectivity index (χ1) is 8.54. The van der Waals surface area contributed by atoms with Crippen LogP contribution in [0.2, 0.25) is 0 Å². The third-order valence-electron chi connectivity index (χ3n) is 2.91.